The number of aliphatic imine (C=N–C) groups is 1. The molecule has 118 valence electrons. The lowest BCUT2D eigenvalue weighted by Gasteiger charge is -2.12. The van der Waals surface area contributed by atoms with E-state index in [4.69, 9.17) is 15.2 Å². The van der Waals surface area contributed by atoms with E-state index in [-0.39, 0.29) is 18.3 Å². The standard InChI is InChI=1S/C13H18F3N3O2/c1-20-7-6-18-12(17)19-8-10-4-2-3-5-11(10)21-9-13(14,15)16/h2-5H,6-9H2,1H3,(H3,17,18,19). The van der Waals surface area contributed by atoms with Crippen molar-refractivity contribution in [2.75, 3.05) is 26.9 Å². The summed E-state index contributed by atoms with van der Waals surface area (Å²) in [4.78, 5) is 4.04. The van der Waals surface area contributed by atoms with Gasteiger partial charge < -0.3 is 20.5 Å². The molecule has 0 saturated carbocycles. The van der Waals surface area contributed by atoms with Crippen molar-refractivity contribution in [3.05, 3.63) is 29.8 Å². The van der Waals surface area contributed by atoms with E-state index >= 15 is 0 Å². The highest BCUT2D eigenvalue weighted by Gasteiger charge is 2.28. The Kier molecular flexibility index (Phi) is 6.80. The molecule has 0 unspecified atom stereocenters. The zero-order chi connectivity index (χ0) is 15.7. The Bertz CT molecular complexity index is 464. The Morgan fingerprint density at radius 3 is 2.71 bits per heavy atom. The average Bonchev–Trinajstić information content (AvgIpc) is 2.43. The summed E-state index contributed by atoms with van der Waals surface area (Å²) in [6, 6.07) is 6.39. The third kappa shape index (κ3) is 7.40. The first kappa shape index (κ1) is 17.1. The Hall–Kier alpha value is -1.96. The van der Waals surface area contributed by atoms with E-state index in [1.54, 1.807) is 25.3 Å². The lowest BCUT2D eigenvalue weighted by Crippen LogP contribution is -2.34. The van der Waals surface area contributed by atoms with Gasteiger partial charge >= 0.3 is 6.18 Å². The van der Waals surface area contributed by atoms with E-state index < -0.39 is 12.8 Å². The number of para-hydroxylation sites is 1. The second-order valence-corrected chi connectivity index (χ2v) is 4.13. The summed E-state index contributed by atoms with van der Waals surface area (Å²) < 4.78 is 46.1. The van der Waals surface area contributed by atoms with Crippen LogP contribution in [0.25, 0.3) is 0 Å². The summed E-state index contributed by atoms with van der Waals surface area (Å²) in [5, 5.41) is 2.81. The second-order valence-electron chi connectivity index (χ2n) is 4.13. The van der Waals surface area contributed by atoms with Gasteiger partial charge in [0.1, 0.15) is 5.75 Å². The predicted molar refractivity (Wildman–Crippen MR) is 73.2 cm³/mol. The first-order chi connectivity index (χ1) is 9.92. The van der Waals surface area contributed by atoms with Crippen molar-refractivity contribution in [1.29, 1.82) is 0 Å². The number of nitrogens with two attached hydrogens (primary N) is 1. The van der Waals surface area contributed by atoms with Crippen molar-refractivity contribution in [1.82, 2.24) is 5.32 Å². The largest absolute Gasteiger partial charge is 0.484 e. The molecule has 21 heavy (non-hydrogen) atoms. The predicted octanol–water partition coefficient (Wildman–Crippen LogP) is 1.68. The quantitative estimate of drug-likeness (QED) is 0.457. The van der Waals surface area contributed by atoms with E-state index in [0.717, 1.165) is 0 Å². The van der Waals surface area contributed by atoms with E-state index in [0.29, 0.717) is 18.7 Å². The van der Waals surface area contributed by atoms with Gasteiger partial charge in [-0.2, -0.15) is 13.2 Å². The fraction of sp³-hybridized carbons (Fsp3) is 0.462. The van der Waals surface area contributed by atoms with Gasteiger partial charge in [-0.15, -0.1) is 0 Å². The highest BCUT2D eigenvalue weighted by Crippen LogP contribution is 2.22. The number of rotatable bonds is 7. The van der Waals surface area contributed by atoms with Crippen LogP contribution in [0, 0.1) is 0 Å². The van der Waals surface area contributed by atoms with Crippen LogP contribution in [0.4, 0.5) is 13.2 Å². The molecular weight excluding hydrogens is 287 g/mol. The molecule has 0 aliphatic heterocycles. The minimum absolute atomic E-state index is 0.125. The molecule has 1 rings (SSSR count). The third-order valence-corrected chi connectivity index (χ3v) is 2.40. The maximum absolute atomic E-state index is 12.2. The molecule has 0 radical (unpaired) electrons. The third-order valence-electron chi connectivity index (χ3n) is 2.40. The number of nitrogens with zero attached hydrogens (tertiary/aromatic N) is 1. The molecular formula is C13H18F3N3O2. The van der Waals surface area contributed by atoms with E-state index in [1.165, 1.54) is 6.07 Å². The normalized spacial score (nSPS) is 12.3. The first-order valence-electron chi connectivity index (χ1n) is 6.22. The summed E-state index contributed by atoms with van der Waals surface area (Å²) in [6.45, 7) is -0.241. The molecule has 0 saturated heterocycles. The molecule has 0 atom stereocenters. The van der Waals surface area contributed by atoms with E-state index in [9.17, 15) is 13.2 Å². The lowest BCUT2D eigenvalue weighted by atomic mass is 10.2. The minimum atomic E-state index is -4.38. The summed E-state index contributed by atoms with van der Waals surface area (Å²) in [7, 11) is 1.56. The Morgan fingerprint density at radius 2 is 2.05 bits per heavy atom. The molecule has 0 aliphatic carbocycles. The summed E-state index contributed by atoms with van der Waals surface area (Å²) in [5.74, 6) is 0.334. The summed E-state index contributed by atoms with van der Waals surface area (Å²) in [5.41, 5.74) is 6.14. The molecule has 1 aromatic carbocycles. The zero-order valence-electron chi connectivity index (χ0n) is 11.6. The van der Waals surface area contributed by atoms with Gasteiger partial charge in [0.2, 0.25) is 0 Å². The molecule has 8 heteroatoms. The highest BCUT2D eigenvalue weighted by atomic mass is 19.4. The lowest BCUT2D eigenvalue weighted by molar-refractivity contribution is -0.153. The van der Waals surface area contributed by atoms with Gasteiger partial charge in [-0.25, -0.2) is 4.99 Å². The zero-order valence-corrected chi connectivity index (χ0v) is 11.6. The molecule has 0 amide bonds. The van der Waals surface area contributed by atoms with Crippen LogP contribution in [0.2, 0.25) is 0 Å². The van der Waals surface area contributed by atoms with Crippen LogP contribution in [-0.2, 0) is 11.3 Å². The van der Waals surface area contributed by atoms with Gasteiger partial charge in [-0.05, 0) is 6.07 Å². The van der Waals surface area contributed by atoms with Crippen LogP contribution in [0.5, 0.6) is 5.75 Å². The Morgan fingerprint density at radius 1 is 1.33 bits per heavy atom. The smallest absolute Gasteiger partial charge is 0.422 e. The number of guanidine groups is 1. The maximum Gasteiger partial charge on any atom is 0.422 e. The number of benzene rings is 1. The first-order valence-corrected chi connectivity index (χ1v) is 6.22. The minimum Gasteiger partial charge on any atom is -0.484 e. The number of hydrogen-bond donors (Lipinski definition) is 2. The van der Waals surface area contributed by atoms with Crippen LogP contribution >= 0.6 is 0 Å². The molecule has 1 aromatic rings. The van der Waals surface area contributed by atoms with Gasteiger partial charge in [0, 0.05) is 19.2 Å². The van der Waals surface area contributed by atoms with Gasteiger partial charge in [-0.1, -0.05) is 18.2 Å². The fourth-order valence-corrected chi connectivity index (χ4v) is 1.44. The van der Waals surface area contributed by atoms with Crippen LogP contribution < -0.4 is 15.8 Å². The van der Waals surface area contributed by atoms with Crippen LogP contribution in [0.1, 0.15) is 5.56 Å². The number of alkyl halides is 3. The monoisotopic (exact) mass is 305 g/mol. The van der Waals surface area contributed by atoms with Crippen molar-refractivity contribution >= 4 is 5.96 Å². The average molecular weight is 305 g/mol. The SMILES string of the molecule is COCCNC(N)=NCc1ccccc1OCC(F)(F)F. The van der Waals surface area contributed by atoms with Crippen molar-refractivity contribution in [2.45, 2.75) is 12.7 Å². The van der Waals surface area contributed by atoms with Crippen LogP contribution in [-0.4, -0.2) is 39.0 Å². The number of hydrogen-bond acceptors (Lipinski definition) is 3. The molecule has 0 spiro atoms. The molecule has 0 heterocycles. The Labute approximate surface area is 120 Å². The van der Waals surface area contributed by atoms with Crippen molar-refractivity contribution in [3.8, 4) is 5.75 Å². The van der Waals surface area contributed by atoms with Crippen molar-refractivity contribution in [2.24, 2.45) is 10.7 Å². The van der Waals surface area contributed by atoms with Crippen molar-refractivity contribution in [3.63, 3.8) is 0 Å². The van der Waals surface area contributed by atoms with E-state index in [1.807, 2.05) is 0 Å². The van der Waals surface area contributed by atoms with Gasteiger partial charge in [0.05, 0.1) is 13.2 Å². The summed E-state index contributed by atoms with van der Waals surface area (Å²) >= 11 is 0. The number of methoxy groups -OCH3 is 1. The second kappa shape index (κ2) is 8.35. The van der Waals surface area contributed by atoms with Crippen molar-refractivity contribution < 1.29 is 22.6 Å². The van der Waals surface area contributed by atoms with Gasteiger partial charge in [0.15, 0.2) is 12.6 Å². The topological polar surface area (TPSA) is 68.9 Å². The van der Waals surface area contributed by atoms with Crippen LogP contribution in [0.15, 0.2) is 29.3 Å². The molecule has 3 N–H and O–H groups in total. The molecule has 0 bridgehead atoms. The molecule has 0 aromatic heterocycles. The molecule has 5 nitrogen and oxygen atoms in total. The Balaban J connectivity index is 2.60. The number of halogens is 3. The van der Waals surface area contributed by atoms with Crippen LogP contribution in [0.3, 0.4) is 0 Å². The molecule has 0 aliphatic rings. The van der Waals surface area contributed by atoms with Gasteiger partial charge in [0.25, 0.3) is 0 Å². The van der Waals surface area contributed by atoms with E-state index in [2.05, 4.69) is 10.3 Å². The number of nitrogens with one attached hydrogen (secondary N) is 1. The maximum atomic E-state index is 12.2. The fourth-order valence-electron chi connectivity index (χ4n) is 1.44. The van der Waals surface area contributed by atoms with Gasteiger partial charge in [-0.3, -0.25) is 0 Å². The molecule has 0 fully saturated rings. The summed E-state index contributed by atoms with van der Waals surface area (Å²) in [6.07, 6.45) is -4.38. The highest BCUT2D eigenvalue weighted by molar-refractivity contribution is 5.77. The number of ether oxygens (including phenoxy) is 2.